The van der Waals surface area contributed by atoms with Crippen molar-refractivity contribution < 1.29 is 9.53 Å². The Kier molecular flexibility index (Phi) is 7.72. The molecule has 2 rings (SSSR count). The van der Waals surface area contributed by atoms with Gasteiger partial charge in [0, 0.05) is 24.7 Å². The molecule has 0 atom stereocenters. The molecule has 0 unspecified atom stereocenters. The van der Waals surface area contributed by atoms with Crippen molar-refractivity contribution in [3.63, 3.8) is 0 Å². The van der Waals surface area contributed by atoms with Crippen LogP contribution in [0.25, 0.3) is 0 Å². The van der Waals surface area contributed by atoms with Crippen LogP contribution in [0.1, 0.15) is 15.9 Å². The van der Waals surface area contributed by atoms with Gasteiger partial charge < -0.3 is 26.4 Å². The van der Waals surface area contributed by atoms with Crippen LogP contribution in [0.4, 0.5) is 0 Å². The highest BCUT2D eigenvalue weighted by atomic mass is 16.5. The van der Waals surface area contributed by atoms with Gasteiger partial charge >= 0.3 is 0 Å². The summed E-state index contributed by atoms with van der Waals surface area (Å²) in [6.45, 7) is 12.0. The van der Waals surface area contributed by atoms with Crippen LogP contribution in [0.3, 0.4) is 0 Å². The minimum atomic E-state index is -0.272. The van der Waals surface area contributed by atoms with Gasteiger partial charge in [-0.3, -0.25) is 4.79 Å². The van der Waals surface area contributed by atoms with Crippen molar-refractivity contribution in [3.05, 3.63) is 115 Å². The number of hydrogen-bond donors (Lipinski definition) is 4. The Morgan fingerprint density at radius 1 is 1.21 bits per heavy atom. The van der Waals surface area contributed by atoms with Crippen LogP contribution in [-0.2, 0) is 11.3 Å². The first-order chi connectivity index (χ1) is 13.5. The molecular weight excluding hydrogens is 352 g/mol. The van der Waals surface area contributed by atoms with Crippen molar-refractivity contribution in [2.45, 2.75) is 6.54 Å². The maximum Gasteiger partial charge on any atom is 0.255 e. The smallest absolute Gasteiger partial charge is 0.255 e. The lowest BCUT2D eigenvalue weighted by molar-refractivity contribution is 0.0967. The number of nitrogens with one attached hydrogen (secondary N) is 3. The van der Waals surface area contributed by atoms with E-state index in [0.29, 0.717) is 36.0 Å². The van der Waals surface area contributed by atoms with Crippen LogP contribution in [0.15, 0.2) is 97.5 Å². The lowest BCUT2D eigenvalue weighted by atomic mass is 10.1. The maximum atomic E-state index is 12.3. The van der Waals surface area contributed by atoms with E-state index in [2.05, 4.69) is 35.7 Å². The van der Waals surface area contributed by atoms with Gasteiger partial charge in [-0.1, -0.05) is 31.4 Å². The molecule has 0 bridgehead atoms. The van der Waals surface area contributed by atoms with Crippen LogP contribution in [0, 0.1) is 6.42 Å². The number of dihydropyridines is 1. The molecule has 5 N–H and O–H groups in total. The molecular formula is C22H25N4O2. The Balaban J connectivity index is 1.82. The molecule has 0 fully saturated rings. The second kappa shape index (κ2) is 10.5. The molecule has 1 aromatic carbocycles. The first-order valence-corrected chi connectivity index (χ1v) is 8.69. The highest BCUT2D eigenvalue weighted by molar-refractivity contribution is 5.95. The van der Waals surface area contributed by atoms with Crippen molar-refractivity contribution in [1.82, 2.24) is 16.0 Å². The molecule has 1 radical (unpaired) electrons. The molecule has 6 heteroatoms. The van der Waals surface area contributed by atoms with Gasteiger partial charge in [-0.05, 0) is 48.2 Å². The second-order valence-corrected chi connectivity index (χ2v) is 5.91. The molecule has 1 aromatic rings. The molecule has 1 aliphatic rings. The molecule has 6 nitrogen and oxygen atoms in total. The molecule has 1 heterocycles. The maximum absolute atomic E-state index is 12.3. The fourth-order valence-corrected chi connectivity index (χ4v) is 2.26. The Labute approximate surface area is 165 Å². The molecule has 1 amide bonds. The summed E-state index contributed by atoms with van der Waals surface area (Å²) in [6, 6.07) is 7.19. The van der Waals surface area contributed by atoms with Gasteiger partial charge in [0.15, 0.2) is 5.88 Å². The van der Waals surface area contributed by atoms with Gasteiger partial charge in [-0.15, -0.1) is 0 Å². The first-order valence-electron chi connectivity index (χ1n) is 8.69. The van der Waals surface area contributed by atoms with E-state index in [1.54, 1.807) is 12.1 Å². The van der Waals surface area contributed by atoms with E-state index in [1.807, 2.05) is 37.0 Å². The predicted octanol–water partition coefficient (Wildman–Crippen LogP) is 2.74. The number of amides is 1. The zero-order chi connectivity index (χ0) is 20.4. The predicted molar refractivity (Wildman–Crippen MR) is 112 cm³/mol. The molecule has 0 saturated heterocycles. The molecule has 0 saturated carbocycles. The summed E-state index contributed by atoms with van der Waals surface area (Å²) in [5.41, 5.74) is 9.05. The number of hydrogen-bond acceptors (Lipinski definition) is 5. The zero-order valence-electron chi connectivity index (χ0n) is 15.7. The molecule has 1 aliphatic heterocycles. The Morgan fingerprint density at radius 2 is 1.96 bits per heavy atom. The van der Waals surface area contributed by atoms with Crippen LogP contribution in [-0.4, -0.2) is 12.5 Å². The zero-order valence-corrected chi connectivity index (χ0v) is 15.7. The highest BCUT2D eigenvalue weighted by Crippen LogP contribution is 2.09. The summed E-state index contributed by atoms with van der Waals surface area (Å²) in [5.74, 6) is 0.206. The summed E-state index contributed by atoms with van der Waals surface area (Å²) in [6.07, 6.45) is 10.5. The molecule has 145 valence electrons. The average Bonchev–Trinajstić information content (AvgIpc) is 2.74. The van der Waals surface area contributed by atoms with Crippen LogP contribution in [0.5, 0.6) is 0 Å². The lowest BCUT2D eigenvalue weighted by Gasteiger charge is -2.14. The first kappa shape index (κ1) is 20.6. The van der Waals surface area contributed by atoms with Crippen molar-refractivity contribution in [2.75, 3.05) is 6.61 Å². The summed E-state index contributed by atoms with van der Waals surface area (Å²) in [5, 5.41) is 8.81. The van der Waals surface area contributed by atoms with E-state index in [1.165, 1.54) is 12.2 Å². The molecule has 28 heavy (non-hydrogen) atoms. The topological polar surface area (TPSA) is 88.4 Å². The summed E-state index contributed by atoms with van der Waals surface area (Å²) < 4.78 is 5.58. The summed E-state index contributed by atoms with van der Waals surface area (Å²) >= 11 is 0. The van der Waals surface area contributed by atoms with Gasteiger partial charge in [0.05, 0.1) is 11.4 Å². The van der Waals surface area contributed by atoms with Crippen LogP contribution < -0.4 is 21.7 Å². The van der Waals surface area contributed by atoms with Crippen LogP contribution in [0.2, 0.25) is 0 Å². The number of carbonyl (C=O) groups is 1. The van der Waals surface area contributed by atoms with Gasteiger partial charge in [-0.2, -0.15) is 0 Å². The Bertz CT molecular complexity index is 833. The standard InChI is InChI=1S/C22H25N4O2/c1-4-20(23)21(5-2)26-22(27)19-10-8-17(9-11-19)14-25-16(3)28-15-18-7-6-12-24-13-18/h4-13,24-25H,1-3,14-15,23H2,(H,26,27)/b21-20-. The van der Waals surface area contributed by atoms with E-state index in [0.717, 1.165) is 11.1 Å². The largest absolute Gasteiger partial charge is 0.475 e. The quantitative estimate of drug-likeness (QED) is 0.372. The number of benzene rings is 1. The number of ether oxygens (including phenoxy) is 1. The normalized spacial score (nSPS) is 13.4. The molecule has 0 aromatic heterocycles. The third-order valence-corrected chi connectivity index (χ3v) is 3.87. The number of allylic oxidation sites excluding steroid dienone is 3. The summed E-state index contributed by atoms with van der Waals surface area (Å²) in [7, 11) is 0. The highest BCUT2D eigenvalue weighted by Gasteiger charge is 2.08. The van der Waals surface area contributed by atoms with Crippen molar-refractivity contribution in [2.24, 2.45) is 5.73 Å². The fraction of sp³-hybridized carbons (Fsp3) is 0.0909. The minimum absolute atomic E-state index is 0.272. The monoisotopic (exact) mass is 377 g/mol. The van der Waals surface area contributed by atoms with Gasteiger partial charge in [0.1, 0.15) is 6.61 Å². The summed E-state index contributed by atoms with van der Waals surface area (Å²) in [4.78, 5) is 12.3. The van der Waals surface area contributed by atoms with Crippen molar-refractivity contribution >= 4 is 5.91 Å². The van der Waals surface area contributed by atoms with Gasteiger partial charge in [0.25, 0.3) is 5.91 Å². The third kappa shape index (κ3) is 6.25. The van der Waals surface area contributed by atoms with E-state index in [4.69, 9.17) is 10.5 Å². The third-order valence-electron chi connectivity index (χ3n) is 3.87. The van der Waals surface area contributed by atoms with Gasteiger partial charge in [-0.25, -0.2) is 0 Å². The number of rotatable bonds is 10. The van der Waals surface area contributed by atoms with Crippen LogP contribution >= 0.6 is 0 Å². The number of carbonyl (C=O) groups excluding carboxylic acids is 1. The average molecular weight is 377 g/mol. The molecule has 0 spiro atoms. The molecule has 0 aliphatic carbocycles. The lowest BCUT2D eigenvalue weighted by Crippen LogP contribution is -2.24. The number of nitrogens with two attached hydrogens (primary N) is 1. The van der Waals surface area contributed by atoms with Crippen molar-refractivity contribution in [3.8, 4) is 0 Å². The van der Waals surface area contributed by atoms with E-state index in [-0.39, 0.29) is 5.91 Å². The second-order valence-electron chi connectivity index (χ2n) is 5.91. The fourth-order valence-electron chi connectivity index (χ4n) is 2.26. The van der Waals surface area contributed by atoms with E-state index < -0.39 is 0 Å². The van der Waals surface area contributed by atoms with E-state index in [9.17, 15) is 4.79 Å². The Morgan fingerprint density at radius 3 is 2.57 bits per heavy atom. The SMILES string of the molecule is C=C/C(N)=C(\C=C)NC(=O)c1ccc(CNC(=C)OCC2=CNC=C[CH]2)cc1. The van der Waals surface area contributed by atoms with Gasteiger partial charge in [0.2, 0.25) is 0 Å². The van der Waals surface area contributed by atoms with E-state index >= 15 is 0 Å². The minimum Gasteiger partial charge on any atom is -0.475 e. The van der Waals surface area contributed by atoms with Crippen molar-refractivity contribution in [1.29, 1.82) is 0 Å². The Hall–Kier alpha value is -3.67.